The Morgan fingerprint density at radius 2 is 1.86 bits per heavy atom. The van der Waals surface area contributed by atoms with E-state index < -0.39 is 14.0 Å². The third kappa shape index (κ3) is 3.47. The third-order valence-electron chi connectivity index (χ3n) is 1.16. The molecule has 1 atom stereocenters. The smallest absolute Gasteiger partial charge is 0.449 e. The van der Waals surface area contributed by atoms with Crippen molar-refractivity contribution < 1.29 is 28.4 Å². The molecule has 0 saturated heterocycles. The molecule has 2 N–H and O–H groups in total. The van der Waals surface area contributed by atoms with E-state index in [1.165, 1.54) is 12.1 Å². The lowest BCUT2D eigenvalue weighted by molar-refractivity contribution is 0.128. The highest BCUT2D eigenvalue weighted by Crippen LogP contribution is 2.43. The number of hydrogen-bond donors (Lipinski definition) is 2. The van der Waals surface area contributed by atoms with E-state index in [1.54, 1.807) is 18.2 Å². The van der Waals surface area contributed by atoms with Crippen LogP contribution in [0.25, 0.3) is 0 Å². The molecule has 1 aromatic rings. The van der Waals surface area contributed by atoms with Crippen LogP contribution in [0.1, 0.15) is 0 Å². The van der Waals surface area contributed by atoms with Crippen molar-refractivity contribution in [3.8, 4) is 5.75 Å². The fraction of sp³-hybridized carbons (Fsp3) is 0. The molecule has 1 unspecified atom stereocenters. The van der Waals surface area contributed by atoms with E-state index in [0.717, 1.165) is 0 Å². The standard InChI is InChI=1S/C7H7O6P/c8-7(9)13-14(10,11)12-6-4-2-1-3-5-6/h1-5H,(H,8,9)(H,10,11). The maximum atomic E-state index is 10.9. The molecular formula is C7H7O6P. The van der Waals surface area contributed by atoms with Crippen molar-refractivity contribution in [2.45, 2.75) is 0 Å². The molecule has 0 aliphatic rings. The first-order valence-corrected chi connectivity index (χ1v) is 4.99. The van der Waals surface area contributed by atoms with Gasteiger partial charge in [0.1, 0.15) is 5.75 Å². The summed E-state index contributed by atoms with van der Waals surface area (Å²) in [5.41, 5.74) is 0. The van der Waals surface area contributed by atoms with Crippen molar-refractivity contribution in [2.75, 3.05) is 0 Å². The van der Waals surface area contributed by atoms with Crippen molar-refractivity contribution in [1.82, 2.24) is 0 Å². The van der Waals surface area contributed by atoms with Gasteiger partial charge in [-0.3, -0.25) is 4.89 Å². The van der Waals surface area contributed by atoms with E-state index in [-0.39, 0.29) is 5.75 Å². The number of carboxylic acid groups (broad SMARTS) is 1. The highest BCUT2D eigenvalue weighted by Gasteiger charge is 2.27. The van der Waals surface area contributed by atoms with Gasteiger partial charge in [0.25, 0.3) is 0 Å². The van der Waals surface area contributed by atoms with E-state index in [9.17, 15) is 9.36 Å². The summed E-state index contributed by atoms with van der Waals surface area (Å²) in [4.78, 5) is 18.8. The van der Waals surface area contributed by atoms with Gasteiger partial charge in [0, 0.05) is 0 Å². The summed E-state index contributed by atoms with van der Waals surface area (Å²) < 4.78 is 19.0. The topological polar surface area (TPSA) is 93.1 Å². The summed E-state index contributed by atoms with van der Waals surface area (Å²) in [6.07, 6.45) is -1.87. The number of phosphoric acid groups is 1. The quantitative estimate of drug-likeness (QED) is 0.752. The number of rotatable bonds is 3. The van der Waals surface area contributed by atoms with Gasteiger partial charge in [0.15, 0.2) is 0 Å². The molecule has 0 heterocycles. The summed E-state index contributed by atoms with van der Waals surface area (Å²) in [6, 6.07) is 7.60. The van der Waals surface area contributed by atoms with Crippen LogP contribution in [-0.4, -0.2) is 16.2 Å². The van der Waals surface area contributed by atoms with Crippen LogP contribution < -0.4 is 4.52 Å². The predicted molar refractivity (Wildman–Crippen MR) is 46.0 cm³/mol. The molecule has 0 spiro atoms. The lowest BCUT2D eigenvalue weighted by atomic mass is 10.3. The fourth-order valence-corrected chi connectivity index (χ4v) is 1.35. The molecule has 14 heavy (non-hydrogen) atoms. The van der Waals surface area contributed by atoms with Crippen LogP contribution in [0.2, 0.25) is 0 Å². The minimum atomic E-state index is -4.57. The van der Waals surface area contributed by atoms with Crippen LogP contribution in [-0.2, 0) is 9.09 Å². The molecule has 0 amide bonds. The number of carbonyl (C=O) groups is 1. The summed E-state index contributed by atoms with van der Waals surface area (Å²) in [6.45, 7) is 0. The van der Waals surface area contributed by atoms with Gasteiger partial charge in [-0.25, -0.2) is 9.36 Å². The Morgan fingerprint density at radius 1 is 1.29 bits per heavy atom. The highest BCUT2D eigenvalue weighted by molar-refractivity contribution is 7.48. The minimum absolute atomic E-state index is 0.0552. The molecule has 1 aromatic carbocycles. The van der Waals surface area contributed by atoms with E-state index >= 15 is 0 Å². The van der Waals surface area contributed by atoms with Crippen LogP contribution in [0.5, 0.6) is 5.75 Å². The lowest BCUT2D eigenvalue weighted by Crippen LogP contribution is -2.02. The molecule has 0 bridgehead atoms. The second-order valence-electron chi connectivity index (χ2n) is 2.23. The first kappa shape index (κ1) is 10.6. The first-order chi connectivity index (χ1) is 6.49. The van der Waals surface area contributed by atoms with Crippen molar-refractivity contribution in [1.29, 1.82) is 0 Å². The molecule has 0 aliphatic carbocycles. The predicted octanol–water partition coefficient (Wildman–Crippen LogP) is 1.86. The van der Waals surface area contributed by atoms with Gasteiger partial charge in [-0.15, -0.1) is 0 Å². The number of benzene rings is 1. The SMILES string of the molecule is O=C(O)OP(=O)(O)Oc1ccccc1. The zero-order valence-electron chi connectivity index (χ0n) is 6.86. The van der Waals surface area contributed by atoms with Crippen LogP contribution in [0, 0.1) is 0 Å². The van der Waals surface area contributed by atoms with Gasteiger partial charge in [0.05, 0.1) is 0 Å². The second kappa shape index (κ2) is 4.13. The maximum Gasteiger partial charge on any atom is 0.589 e. The van der Waals surface area contributed by atoms with E-state index in [1.807, 2.05) is 0 Å². The molecule has 6 nitrogen and oxygen atoms in total. The van der Waals surface area contributed by atoms with E-state index in [4.69, 9.17) is 10.00 Å². The van der Waals surface area contributed by atoms with E-state index in [0.29, 0.717) is 0 Å². The summed E-state index contributed by atoms with van der Waals surface area (Å²) in [5.74, 6) is 0.0552. The Labute approximate surface area is 79.3 Å². The first-order valence-electron chi connectivity index (χ1n) is 3.49. The lowest BCUT2D eigenvalue weighted by Gasteiger charge is -2.09. The minimum Gasteiger partial charge on any atom is -0.449 e. The molecule has 0 fully saturated rings. The van der Waals surface area contributed by atoms with Crippen molar-refractivity contribution in [3.05, 3.63) is 30.3 Å². The third-order valence-corrected chi connectivity index (χ3v) is 1.99. The van der Waals surface area contributed by atoms with Gasteiger partial charge in [0.2, 0.25) is 0 Å². The van der Waals surface area contributed by atoms with Crippen LogP contribution in [0.15, 0.2) is 30.3 Å². The average Bonchev–Trinajstić information content (AvgIpc) is 2.02. The highest BCUT2D eigenvalue weighted by atomic mass is 31.2. The molecule has 1 rings (SSSR count). The van der Waals surface area contributed by atoms with Crippen molar-refractivity contribution in [3.63, 3.8) is 0 Å². The Hall–Kier alpha value is -1.52. The summed E-state index contributed by atoms with van der Waals surface area (Å²) in [7, 11) is -4.57. The molecule has 7 heteroatoms. The van der Waals surface area contributed by atoms with E-state index in [2.05, 4.69) is 9.05 Å². The Bertz CT molecular complexity index is 362. The average molecular weight is 218 g/mol. The molecule has 76 valence electrons. The summed E-state index contributed by atoms with van der Waals surface area (Å²) >= 11 is 0. The second-order valence-corrected chi connectivity index (χ2v) is 3.53. The molecule has 0 aliphatic heterocycles. The monoisotopic (exact) mass is 218 g/mol. The van der Waals surface area contributed by atoms with Crippen LogP contribution in [0.4, 0.5) is 4.79 Å². The Morgan fingerprint density at radius 3 is 2.36 bits per heavy atom. The number of phosphoric ester groups is 1. The summed E-state index contributed by atoms with van der Waals surface area (Å²) in [5, 5.41) is 8.09. The molecular weight excluding hydrogens is 211 g/mol. The Balaban J connectivity index is 2.69. The van der Waals surface area contributed by atoms with Gasteiger partial charge < -0.3 is 14.2 Å². The molecule has 0 saturated carbocycles. The largest absolute Gasteiger partial charge is 0.589 e. The van der Waals surface area contributed by atoms with Crippen LogP contribution in [0.3, 0.4) is 0 Å². The number of hydrogen-bond acceptors (Lipinski definition) is 4. The maximum absolute atomic E-state index is 10.9. The molecule has 0 aromatic heterocycles. The van der Waals surface area contributed by atoms with Gasteiger partial charge in [-0.05, 0) is 12.1 Å². The van der Waals surface area contributed by atoms with Gasteiger partial charge >= 0.3 is 14.0 Å². The van der Waals surface area contributed by atoms with Crippen molar-refractivity contribution in [2.24, 2.45) is 0 Å². The van der Waals surface area contributed by atoms with Gasteiger partial charge in [-0.1, -0.05) is 18.2 Å². The zero-order chi connectivity index (χ0) is 10.6. The van der Waals surface area contributed by atoms with Crippen molar-refractivity contribution >= 4 is 14.0 Å². The number of para-hydroxylation sites is 1. The van der Waals surface area contributed by atoms with Crippen LogP contribution >= 0.6 is 7.82 Å². The molecule has 0 radical (unpaired) electrons. The fourth-order valence-electron chi connectivity index (χ4n) is 0.732. The Kier molecular flexibility index (Phi) is 3.11. The van der Waals surface area contributed by atoms with Gasteiger partial charge in [-0.2, -0.15) is 0 Å². The normalized spacial score (nSPS) is 14.1. The zero-order valence-corrected chi connectivity index (χ0v) is 7.76.